The Hall–Kier alpha value is -0.670. The first-order valence-corrected chi connectivity index (χ1v) is 11.9. The molecule has 2 saturated carbocycles. The molecule has 0 radical (unpaired) electrons. The molecule has 5 nitrogen and oxygen atoms in total. The number of sulfonamides is 1. The molecule has 2 aliphatic carbocycles. The van der Waals surface area contributed by atoms with Crippen LogP contribution in [0.5, 0.6) is 0 Å². The third-order valence-corrected chi connectivity index (χ3v) is 8.37. The second-order valence-electron chi connectivity index (χ2n) is 7.52. The summed E-state index contributed by atoms with van der Waals surface area (Å²) in [5, 5.41) is 0. The molecule has 0 aromatic heterocycles. The van der Waals surface area contributed by atoms with Gasteiger partial charge in [0, 0.05) is 29.7 Å². The quantitative estimate of drug-likeness (QED) is 0.589. The van der Waals surface area contributed by atoms with Gasteiger partial charge < -0.3 is 4.90 Å². The van der Waals surface area contributed by atoms with Crippen molar-refractivity contribution >= 4 is 38.5 Å². The lowest BCUT2D eigenvalue weighted by Gasteiger charge is -2.35. The number of halogens is 1. The van der Waals surface area contributed by atoms with Crippen LogP contribution >= 0.6 is 22.6 Å². The molecular formula is C19H27IN2O3S. The summed E-state index contributed by atoms with van der Waals surface area (Å²) in [6.07, 6.45) is 8.95. The van der Waals surface area contributed by atoms with E-state index in [0.717, 1.165) is 29.3 Å². The Morgan fingerprint density at radius 2 is 1.50 bits per heavy atom. The number of rotatable bonds is 5. The van der Waals surface area contributed by atoms with E-state index in [1.54, 1.807) is 18.2 Å². The Balaban J connectivity index is 1.98. The number of benzene rings is 1. The molecule has 26 heavy (non-hydrogen) atoms. The van der Waals surface area contributed by atoms with Crippen LogP contribution in [0.15, 0.2) is 23.1 Å². The van der Waals surface area contributed by atoms with Crippen molar-refractivity contribution in [1.82, 2.24) is 9.21 Å². The van der Waals surface area contributed by atoms with Gasteiger partial charge in [0.25, 0.3) is 5.91 Å². The molecule has 1 aromatic carbocycles. The molecule has 0 atom stereocenters. The molecule has 1 aromatic rings. The highest BCUT2D eigenvalue weighted by Gasteiger charge is 2.35. The molecule has 0 heterocycles. The van der Waals surface area contributed by atoms with E-state index >= 15 is 0 Å². The van der Waals surface area contributed by atoms with E-state index in [4.69, 9.17) is 0 Å². The van der Waals surface area contributed by atoms with E-state index in [2.05, 4.69) is 27.5 Å². The molecular weight excluding hydrogens is 463 g/mol. The van der Waals surface area contributed by atoms with Gasteiger partial charge in [-0.1, -0.05) is 25.7 Å². The number of nitrogens with zero attached hydrogens (tertiary/aromatic N) is 2. The SMILES string of the molecule is CN(C)S(=O)(=O)c1ccc(I)c(C(=O)N(C2CCCC2)C2CCCC2)c1. The number of carbonyl (C=O) groups excluding carboxylic acids is 1. The Kier molecular flexibility index (Phi) is 6.29. The van der Waals surface area contributed by atoms with Crippen LogP contribution in [0.4, 0.5) is 0 Å². The second-order valence-corrected chi connectivity index (χ2v) is 10.8. The van der Waals surface area contributed by atoms with Crippen molar-refractivity contribution in [3.8, 4) is 0 Å². The summed E-state index contributed by atoms with van der Waals surface area (Å²) in [6.45, 7) is 0. The van der Waals surface area contributed by atoms with E-state index in [1.807, 2.05) is 0 Å². The van der Waals surface area contributed by atoms with Gasteiger partial charge in [-0.15, -0.1) is 0 Å². The summed E-state index contributed by atoms with van der Waals surface area (Å²) in [6, 6.07) is 5.50. The van der Waals surface area contributed by atoms with Crippen molar-refractivity contribution in [2.45, 2.75) is 68.3 Å². The average molecular weight is 490 g/mol. The fourth-order valence-electron chi connectivity index (χ4n) is 4.17. The monoisotopic (exact) mass is 490 g/mol. The lowest BCUT2D eigenvalue weighted by atomic mass is 10.1. The predicted molar refractivity (Wildman–Crippen MR) is 111 cm³/mol. The summed E-state index contributed by atoms with van der Waals surface area (Å²) in [5.74, 6) is 0.00371. The molecule has 0 N–H and O–H groups in total. The van der Waals surface area contributed by atoms with E-state index < -0.39 is 10.0 Å². The average Bonchev–Trinajstić information content (AvgIpc) is 3.29. The van der Waals surface area contributed by atoms with Crippen molar-refractivity contribution < 1.29 is 13.2 Å². The smallest absolute Gasteiger partial charge is 0.255 e. The minimum atomic E-state index is -3.55. The molecule has 0 saturated heterocycles. The fourth-order valence-corrected chi connectivity index (χ4v) is 5.67. The lowest BCUT2D eigenvalue weighted by molar-refractivity contribution is 0.0579. The topological polar surface area (TPSA) is 57.7 Å². The predicted octanol–water partition coefficient (Wildman–Crippen LogP) is 3.87. The molecule has 0 unspecified atom stereocenters. The maximum Gasteiger partial charge on any atom is 0.255 e. The van der Waals surface area contributed by atoms with Crippen molar-refractivity contribution in [3.05, 3.63) is 27.3 Å². The van der Waals surface area contributed by atoms with E-state index in [-0.39, 0.29) is 10.8 Å². The van der Waals surface area contributed by atoms with Crippen LogP contribution in [-0.2, 0) is 10.0 Å². The summed E-state index contributed by atoms with van der Waals surface area (Å²) >= 11 is 2.14. The fraction of sp³-hybridized carbons (Fsp3) is 0.632. The molecule has 3 rings (SSSR count). The van der Waals surface area contributed by atoms with Crippen LogP contribution in [0.3, 0.4) is 0 Å². The summed E-state index contributed by atoms with van der Waals surface area (Å²) in [4.78, 5) is 15.8. The van der Waals surface area contributed by atoms with Crippen LogP contribution in [0, 0.1) is 3.57 Å². The Labute approximate surface area is 170 Å². The van der Waals surface area contributed by atoms with Gasteiger partial charge in [-0.3, -0.25) is 4.79 Å². The van der Waals surface area contributed by atoms with Gasteiger partial charge in [0.05, 0.1) is 10.5 Å². The Bertz CT molecular complexity index is 751. The van der Waals surface area contributed by atoms with Gasteiger partial charge in [0.1, 0.15) is 0 Å². The van der Waals surface area contributed by atoms with Crippen LogP contribution in [-0.4, -0.2) is 49.7 Å². The second kappa shape index (κ2) is 8.14. The zero-order valence-electron chi connectivity index (χ0n) is 15.4. The van der Waals surface area contributed by atoms with Gasteiger partial charge in [0.2, 0.25) is 10.0 Å². The van der Waals surface area contributed by atoms with Crippen molar-refractivity contribution in [2.24, 2.45) is 0 Å². The third-order valence-electron chi connectivity index (χ3n) is 5.62. The van der Waals surface area contributed by atoms with Gasteiger partial charge in [0.15, 0.2) is 0 Å². The Morgan fingerprint density at radius 3 is 1.96 bits per heavy atom. The zero-order valence-corrected chi connectivity index (χ0v) is 18.4. The molecule has 1 amide bonds. The maximum atomic E-state index is 13.5. The van der Waals surface area contributed by atoms with Gasteiger partial charge in [-0.2, -0.15) is 0 Å². The molecule has 2 aliphatic rings. The highest BCUT2D eigenvalue weighted by molar-refractivity contribution is 14.1. The molecule has 0 bridgehead atoms. The first-order valence-electron chi connectivity index (χ1n) is 9.37. The molecule has 0 spiro atoms. The van der Waals surface area contributed by atoms with E-state index in [1.165, 1.54) is 44.1 Å². The lowest BCUT2D eigenvalue weighted by Crippen LogP contribution is -2.45. The highest BCUT2D eigenvalue weighted by atomic mass is 127. The molecule has 0 aliphatic heterocycles. The normalized spacial score (nSPS) is 19.4. The van der Waals surface area contributed by atoms with Gasteiger partial charge in [-0.05, 0) is 66.5 Å². The first kappa shape index (κ1) is 20.1. The van der Waals surface area contributed by atoms with Crippen LogP contribution in [0.25, 0.3) is 0 Å². The number of hydrogen-bond acceptors (Lipinski definition) is 3. The molecule has 7 heteroatoms. The van der Waals surface area contributed by atoms with E-state index in [9.17, 15) is 13.2 Å². The third kappa shape index (κ3) is 3.94. The van der Waals surface area contributed by atoms with Crippen LogP contribution in [0.2, 0.25) is 0 Å². The van der Waals surface area contributed by atoms with Crippen molar-refractivity contribution in [2.75, 3.05) is 14.1 Å². The first-order chi connectivity index (χ1) is 12.3. The number of hydrogen-bond donors (Lipinski definition) is 0. The summed E-state index contributed by atoms with van der Waals surface area (Å²) in [5.41, 5.74) is 0.521. The van der Waals surface area contributed by atoms with Crippen LogP contribution < -0.4 is 0 Å². The highest BCUT2D eigenvalue weighted by Crippen LogP contribution is 2.34. The zero-order chi connectivity index (χ0) is 18.9. The van der Waals surface area contributed by atoms with Gasteiger partial charge >= 0.3 is 0 Å². The number of carbonyl (C=O) groups is 1. The van der Waals surface area contributed by atoms with Crippen LogP contribution in [0.1, 0.15) is 61.7 Å². The largest absolute Gasteiger partial charge is 0.333 e. The molecule has 144 valence electrons. The minimum Gasteiger partial charge on any atom is -0.333 e. The standard InChI is InChI=1S/C19H27IN2O3S/c1-21(2)26(24,25)16-11-12-18(20)17(13-16)19(23)22(14-7-3-4-8-14)15-9-5-6-10-15/h11-15H,3-10H2,1-2H3. The van der Waals surface area contributed by atoms with Gasteiger partial charge in [-0.25, -0.2) is 12.7 Å². The van der Waals surface area contributed by atoms with Crippen molar-refractivity contribution in [1.29, 1.82) is 0 Å². The molecule has 2 fully saturated rings. The van der Waals surface area contributed by atoms with E-state index in [0.29, 0.717) is 17.6 Å². The summed E-state index contributed by atoms with van der Waals surface area (Å²) in [7, 11) is -0.530. The van der Waals surface area contributed by atoms with Crippen molar-refractivity contribution in [3.63, 3.8) is 0 Å². The number of amides is 1. The summed E-state index contributed by atoms with van der Waals surface area (Å²) < 4.78 is 27.0. The Morgan fingerprint density at radius 1 is 1.00 bits per heavy atom. The maximum absolute atomic E-state index is 13.5. The minimum absolute atomic E-state index is 0.00371.